The van der Waals surface area contributed by atoms with Crippen LogP contribution >= 0.6 is 0 Å². The van der Waals surface area contributed by atoms with Crippen molar-refractivity contribution in [2.75, 3.05) is 19.7 Å². The number of pyridine rings is 1. The number of imidazole rings is 1. The molecule has 24 heavy (non-hydrogen) atoms. The van der Waals surface area contributed by atoms with E-state index in [0.29, 0.717) is 31.1 Å². The molecule has 2 aromatic rings. The van der Waals surface area contributed by atoms with Gasteiger partial charge in [0.05, 0.1) is 18.7 Å². The molecule has 0 radical (unpaired) electrons. The summed E-state index contributed by atoms with van der Waals surface area (Å²) in [5.41, 5.74) is 3.11. The second-order valence-electron chi connectivity index (χ2n) is 5.83. The van der Waals surface area contributed by atoms with Gasteiger partial charge in [-0.2, -0.15) is 0 Å². The largest absolute Gasteiger partial charge is 0.466 e. The minimum atomic E-state index is -0.281. The highest BCUT2D eigenvalue weighted by Crippen LogP contribution is 2.16. The average molecular weight is 331 g/mol. The Balaban J connectivity index is 2.26. The molecule has 0 aromatic carbocycles. The van der Waals surface area contributed by atoms with Crippen LogP contribution in [0.4, 0.5) is 0 Å². The van der Waals surface area contributed by atoms with Crippen LogP contribution in [-0.2, 0) is 9.53 Å². The highest BCUT2D eigenvalue weighted by atomic mass is 16.5. The van der Waals surface area contributed by atoms with Crippen LogP contribution in [0.5, 0.6) is 0 Å². The van der Waals surface area contributed by atoms with Crippen molar-refractivity contribution >= 4 is 17.5 Å². The second kappa shape index (κ2) is 7.95. The monoisotopic (exact) mass is 331 g/mol. The lowest BCUT2D eigenvalue weighted by Crippen LogP contribution is -2.35. The summed E-state index contributed by atoms with van der Waals surface area (Å²) in [6, 6.07) is 3.90. The van der Waals surface area contributed by atoms with Crippen LogP contribution in [0.15, 0.2) is 18.3 Å². The predicted molar refractivity (Wildman–Crippen MR) is 92.1 cm³/mol. The van der Waals surface area contributed by atoms with Crippen LogP contribution in [0, 0.1) is 13.8 Å². The number of nitrogens with zero attached hydrogens (tertiary/aromatic N) is 3. The van der Waals surface area contributed by atoms with Gasteiger partial charge in [-0.3, -0.25) is 14.0 Å². The first-order valence-electron chi connectivity index (χ1n) is 8.38. The first kappa shape index (κ1) is 18.0. The van der Waals surface area contributed by atoms with Gasteiger partial charge in [0.25, 0.3) is 5.91 Å². The molecule has 0 bridgehead atoms. The number of fused-ring (bicyclic) bond motifs is 1. The molecule has 0 unspecified atom stereocenters. The molecule has 0 saturated heterocycles. The number of carbonyl (C=O) groups excluding carboxylic acids is 2. The van der Waals surface area contributed by atoms with Crippen LogP contribution in [0.2, 0.25) is 0 Å². The van der Waals surface area contributed by atoms with Gasteiger partial charge in [0.15, 0.2) is 0 Å². The molecule has 6 heteroatoms. The fraction of sp³-hybridized carbons (Fsp3) is 0.500. The molecule has 0 aliphatic rings. The lowest BCUT2D eigenvalue weighted by molar-refractivity contribution is -0.143. The summed E-state index contributed by atoms with van der Waals surface area (Å²) in [6.07, 6.45) is 2.89. The first-order valence-corrected chi connectivity index (χ1v) is 8.38. The van der Waals surface area contributed by atoms with E-state index >= 15 is 0 Å². The molecular weight excluding hydrogens is 306 g/mol. The zero-order valence-corrected chi connectivity index (χ0v) is 14.8. The van der Waals surface area contributed by atoms with Gasteiger partial charge in [-0.1, -0.05) is 6.92 Å². The fourth-order valence-electron chi connectivity index (χ4n) is 2.72. The van der Waals surface area contributed by atoms with Crippen molar-refractivity contribution in [3.05, 3.63) is 35.3 Å². The maximum absolute atomic E-state index is 13.0. The van der Waals surface area contributed by atoms with Crippen molar-refractivity contribution in [3.8, 4) is 0 Å². The van der Waals surface area contributed by atoms with Crippen molar-refractivity contribution in [2.24, 2.45) is 0 Å². The van der Waals surface area contributed by atoms with Crippen molar-refractivity contribution < 1.29 is 14.3 Å². The first-order chi connectivity index (χ1) is 11.5. The average Bonchev–Trinajstić information content (AvgIpc) is 2.85. The number of aromatic nitrogens is 2. The Hall–Kier alpha value is -2.37. The summed E-state index contributed by atoms with van der Waals surface area (Å²) in [5, 5.41) is 0. The van der Waals surface area contributed by atoms with E-state index in [2.05, 4.69) is 4.98 Å². The Bertz CT molecular complexity index is 736. The number of hydrogen-bond acceptors (Lipinski definition) is 4. The van der Waals surface area contributed by atoms with E-state index in [1.807, 2.05) is 43.5 Å². The third-order valence-corrected chi connectivity index (χ3v) is 3.83. The zero-order valence-electron chi connectivity index (χ0n) is 14.8. The van der Waals surface area contributed by atoms with Gasteiger partial charge in [0.1, 0.15) is 11.3 Å². The zero-order chi connectivity index (χ0) is 17.7. The van der Waals surface area contributed by atoms with Gasteiger partial charge in [-0.25, -0.2) is 4.98 Å². The van der Waals surface area contributed by atoms with Crippen molar-refractivity contribution in [3.63, 3.8) is 0 Å². The van der Waals surface area contributed by atoms with Gasteiger partial charge in [-0.15, -0.1) is 0 Å². The van der Waals surface area contributed by atoms with Gasteiger partial charge >= 0.3 is 5.97 Å². The maximum atomic E-state index is 13.0. The third kappa shape index (κ3) is 3.93. The molecule has 0 saturated carbocycles. The van der Waals surface area contributed by atoms with E-state index in [9.17, 15) is 9.59 Å². The van der Waals surface area contributed by atoms with Gasteiger partial charge in [0.2, 0.25) is 0 Å². The van der Waals surface area contributed by atoms with E-state index in [-0.39, 0.29) is 18.3 Å². The van der Waals surface area contributed by atoms with Crippen LogP contribution in [-0.4, -0.2) is 45.9 Å². The van der Waals surface area contributed by atoms with Crippen LogP contribution < -0.4 is 0 Å². The Labute approximate surface area is 142 Å². The standard InChI is InChI=1S/C18H25N3O3/c1-5-9-20(10-8-16(22)24-6-2)18(23)17-14(4)19-15-12-13(3)7-11-21(15)17/h7,11-12H,5-6,8-10H2,1-4H3. The van der Waals surface area contributed by atoms with E-state index in [4.69, 9.17) is 4.74 Å². The maximum Gasteiger partial charge on any atom is 0.307 e. The summed E-state index contributed by atoms with van der Waals surface area (Å²) in [6.45, 7) is 8.92. The number of aryl methyl sites for hydroxylation is 2. The van der Waals surface area contributed by atoms with E-state index in [0.717, 1.165) is 17.6 Å². The third-order valence-electron chi connectivity index (χ3n) is 3.83. The highest BCUT2D eigenvalue weighted by molar-refractivity contribution is 5.95. The molecule has 2 aromatic heterocycles. The minimum Gasteiger partial charge on any atom is -0.466 e. The van der Waals surface area contributed by atoms with Crippen LogP contribution in [0.3, 0.4) is 0 Å². The van der Waals surface area contributed by atoms with E-state index < -0.39 is 0 Å². The smallest absolute Gasteiger partial charge is 0.307 e. The van der Waals surface area contributed by atoms with Gasteiger partial charge < -0.3 is 9.64 Å². The summed E-state index contributed by atoms with van der Waals surface area (Å²) in [4.78, 5) is 30.8. The molecule has 0 spiro atoms. The normalized spacial score (nSPS) is 10.8. The molecule has 0 aliphatic heterocycles. The molecule has 1 amide bonds. The number of hydrogen-bond donors (Lipinski definition) is 0. The molecule has 0 atom stereocenters. The summed E-state index contributed by atoms with van der Waals surface area (Å²) in [5.74, 6) is -0.383. The molecule has 0 aliphatic carbocycles. The summed E-state index contributed by atoms with van der Waals surface area (Å²) in [7, 11) is 0. The highest BCUT2D eigenvalue weighted by Gasteiger charge is 2.22. The molecule has 0 fully saturated rings. The van der Waals surface area contributed by atoms with Crippen molar-refractivity contribution in [1.29, 1.82) is 0 Å². The second-order valence-corrected chi connectivity index (χ2v) is 5.83. The molecular formula is C18H25N3O3. The van der Waals surface area contributed by atoms with Crippen LogP contribution in [0.1, 0.15) is 48.4 Å². The number of ether oxygens (including phenoxy) is 1. The van der Waals surface area contributed by atoms with E-state index in [1.165, 1.54) is 0 Å². The Morgan fingerprint density at radius 3 is 2.67 bits per heavy atom. The minimum absolute atomic E-state index is 0.102. The van der Waals surface area contributed by atoms with Gasteiger partial charge in [0, 0.05) is 19.3 Å². The lowest BCUT2D eigenvalue weighted by Gasteiger charge is -2.22. The van der Waals surface area contributed by atoms with Gasteiger partial charge in [-0.05, 0) is 44.9 Å². The summed E-state index contributed by atoms with van der Waals surface area (Å²) < 4.78 is 6.77. The van der Waals surface area contributed by atoms with Crippen molar-refractivity contribution in [2.45, 2.75) is 40.5 Å². The Kier molecular flexibility index (Phi) is 5.95. The van der Waals surface area contributed by atoms with Crippen LogP contribution in [0.25, 0.3) is 5.65 Å². The quantitative estimate of drug-likeness (QED) is 0.732. The number of amides is 1. The molecule has 2 rings (SSSR count). The SMILES string of the molecule is CCCN(CCC(=O)OCC)C(=O)c1c(C)nc2cc(C)ccn12. The Morgan fingerprint density at radius 2 is 2.00 bits per heavy atom. The number of esters is 1. The number of carbonyl (C=O) groups is 2. The molecule has 130 valence electrons. The molecule has 2 heterocycles. The topological polar surface area (TPSA) is 63.9 Å². The molecule has 6 nitrogen and oxygen atoms in total. The fourth-order valence-corrected chi connectivity index (χ4v) is 2.72. The van der Waals surface area contributed by atoms with Crippen molar-refractivity contribution in [1.82, 2.24) is 14.3 Å². The number of rotatable bonds is 7. The predicted octanol–water partition coefficient (Wildman–Crippen LogP) is 2.76. The van der Waals surface area contributed by atoms with E-state index in [1.54, 1.807) is 11.8 Å². The summed E-state index contributed by atoms with van der Waals surface area (Å²) >= 11 is 0. The Morgan fingerprint density at radius 1 is 1.25 bits per heavy atom. The molecule has 0 N–H and O–H groups in total. The lowest BCUT2D eigenvalue weighted by atomic mass is 10.2.